The third kappa shape index (κ3) is 0.897. The van der Waals surface area contributed by atoms with Crippen LogP contribution in [-0.4, -0.2) is 4.98 Å². The first kappa shape index (κ1) is 6.37. The number of nitrogens with two attached hydrogens (primary N) is 1. The fourth-order valence-electron chi connectivity index (χ4n) is 1.08. The second kappa shape index (κ2) is 2.36. The minimum atomic E-state index is 0.499. The van der Waals surface area contributed by atoms with Crippen LogP contribution >= 0.6 is 0 Å². The summed E-state index contributed by atoms with van der Waals surface area (Å²) in [5, 5.41) is 1.01. The van der Waals surface area contributed by atoms with E-state index in [1.54, 1.807) is 18.7 Å². The number of aromatic nitrogens is 1. The van der Waals surface area contributed by atoms with Crippen LogP contribution in [0.3, 0.4) is 0 Å². The molecule has 0 amide bonds. The van der Waals surface area contributed by atoms with Crippen LogP contribution in [0, 0.1) is 0 Å². The van der Waals surface area contributed by atoms with E-state index < -0.39 is 0 Å². The zero-order chi connectivity index (χ0) is 7.68. The Balaban J connectivity index is 2.76. The topological polar surface area (TPSA) is 52.0 Å². The molecular weight excluding hydrogens is 140 g/mol. The number of hydrogen-bond donors (Lipinski definition) is 1. The highest BCUT2D eigenvalue weighted by Gasteiger charge is 2.01. The number of nitrogens with zero attached hydrogens (tertiary/aromatic N) is 1. The Hall–Kier alpha value is -1.35. The van der Waals surface area contributed by atoms with E-state index in [1.807, 2.05) is 6.07 Å². The Bertz CT molecular complexity index is 367. The molecule has 0 atom stereocenters. The quantitative estimate of drug-likeness (QED) is 0.662. The molecule has 0 aliphatic rings. The highest BCUT2D eigenvalue weighted by Crippen LogP contribution is 2.18. The fourth-order valence-corrected chi connectivity index (χ4v) is 1.08. The molecule has 2 rings (SSSR count). The van der Waals surface area contributed by atoms with Gasteiger partial charge >= 0.3 is 0 Å². The molecule has 2 N–H and O–H groups in total. The molecule has 56 valence electrons. The lowest BCUT2D eigenvalue weighted by Gasteiger charge is -1.88. The average Bonchev–Trinajstić information content (AvgIpc) is 2.47. The number of pyridine rings is 1. The van der Waals surface area contributed by atoms with E-state index in [4.69, 9.17) is 10.2 Å². The van der Waals surface area contributed by atoms with Crippen molar-refractivity contribution in [3.05, 3.63) is 30.3 Å². The Labute approximate surface area is 63.8 Å². The van der Waals surface area contributed by atoms with Gasteiger partial charge in [0.2, 0.25) is 0 Å². The smallest absolute Gasteiger partial charge is 0.137 e. The predicted octanol–water partition coefficient (Wildman–Crippen LogP) is 1.29. The molecule has 0 fully saturated rings. The molecule has 0 saturated carbocycles. The summed E-state index contributed by atoms with van der Waals surface area (Å²) in [6.07, 6.45) is 5.14. The van der Waals surface area contributed by atoms with E-state index in [9.17, 15) is 0 Å². The second-order valence-electron chi connectivity index (χ2n) is 2.34. The van der Waals surface area contributed by atoms with Crippen molar-refractivity contribution in [2.45, 2.75) is 6.54 Å². The molecule has 0 spiro atoms. The first-order chi connectivity index (χ1) is 5.42. The van der Waals surface area contributed by atoms with Crippen LogP contribution in [0.5, 0.6) is 0 Å². The van der Waals surface area contributed by atoms with Crippen molar-refractivity contribution in [3.63, 3.8) is 0 Å². The maximum absolute atomic E-state index is 5.47. The summed E-state index contributed by atoms with van der Waals surface area (Å²) in [5.41, 5.74) is 7.33. The van der Waals surface area contributed by atoms with Gasteiger partial charge < -0.3 is 10.2 Å². The van der Waals surface area contributed by atoms with Crippen molar-refractivity contribution >= 4 is 11.0 Å². The number of fused-ring (bicyclic) bond motifs is 1. The molecule has 0 aliphatic heterocycles. The number of furan rings is 1. The van der Waals surface area contributed by atoms with Gasteiger partial charge in [0.15, 0.2) is 0 Å². The van der Waals surface area contributed by atoms with Gasteiger partial charge in [0.1, 0.15) is 5.58 Å². The van der Waals surface area contributed by atoms with Crippen LogP contribution in [0.1, 0.15) is 5.56 Å². The highest BCUT2D eigenvalue weighted by molar-refractivity contribution is 5.79. The molecule has 2 aromatic heterocycles. The molecule has 3 nitrogen and oxygen atoms in total. The van der Waals surface area contributed by atoms with Crippen molar-refractivity contribution in [2.75, 3.05) is 0 Å². The minimum absolute atomic E-state index is 0.499. The van der Waals surface area contributed by atoms with Gasteiger partial charge in [-0.2, -0.15) is 0 Å². The van der Waals surface area contributed by atoms with Crippen molar-refractivity contribution in [3.8, 4) is 0 Å². The van der Waals surface area contributed by atoms with Crippen LogP contribution in [-0.2, 0) is 6.54 Å². The first-order valence-electron chi connectivity index (χ1n) is 3.42. The van der Waals surface area contributed by atoms with E-state index in [0.29, 0.717) is 6.54 Å². The van der Waals surface area contributed by atoms with Crippen LogP contribution in [0.2, 0.25) is 0 Å². The van der Waals surface area contributed by atoms with Gasteiger partial charge in [0.05, 0.1) is 6.26 Å². The van der Waals surface area contributed by atoms with E-state index in [0.717, 1.165) is 16.5 Å². The third-order valence-corrected chi connectivity index (χ3v) is 1.68. The van der Waals surface area contributed by atoms with Gasteiger partial charge in [0.25, 0.3) is 0 Å². The molecule has 0 bridgehead atoms. The molecule has 0 unspecified atom stereocenters. The maximum atomic E-state index is 5.47. The molecule has 2 aromatic rings. The third-order valence-electron chi connectivity index (χ3n) is 1.68. The van der Waals surface area contributed by atoms with E-state index >= 15 is 0 Å². The summed E-state index contributed by atoms with van der Waals surface area (Å²) < 4.78 is 5.22. The zero-order valence-corrected chi connectivity index (χ0v) is 5.95. The standard InChI is InChI=1S/C8H8N2O/c9-3-6-5-11-8-1-2-10-4-7(6)8/h1-2,4-5H,3,9H2. The predicted molar refractivity (Wildman–Crippen MR) is 41.9 cm³/mol. The summed E-state index contributed by atoms with van der Waals surface area (Å²) in [6.45, 7) is 0.499. The minimum Gasteiger partial charge on any atom is -0.464 e. The first-order valence-corrected chi connectivity index (χ1v) is 3.42. The monoisotopic (exact) mass is 148 g/mol. The summed E-state index contributed by atoms with van der Waals surface area (Å²) in [7, 11) is 0. The average molecular weight is 148 g/mol. The SMILES string of the molecule is NCc1coc2ccncc12. The summed E-state index contributed by atoms with van der Waals surface area (Å²) in [4.78, 5) is 3.98. The Kier molecular flexibility index (Phi) is 1.36. The van der Waals surface area contributed by atoms with Crippen LogP contribution < -0.4 is 5.73 Å². The second-order valence-corrected chi connectivity index (χ2v) is 2.34. The molecule has 2 heterocycles. The highest BCUT2D eigenvalue weighted by atomic mass is 16.3. The molecule has 0 aromatic carbocycles. The molecule has 0 saturated heterocycles. The molecule has 0 aliphatic carbocycles. The molecule has 0 radical (unpaired) electrons. The van der Waals surface area contributed by atoms with Crippen LogP contribution in [0.25, 0.3) is 11.0 Å². The van der Waals surface area contributed by atoms with Crippen molar-refractivity contribution in [2.24, 2.45) is 5.73 Å². The van der Waals surface area contributed by atoms with Crippen LogP contribution in [0.15, 0.2) is 29.1 Å². The lowest BCUT2D eigenvalue weighted by atomic mass is 10.2. The Morgan fingerprint density at radius 3 is 3.27 bits per heavy atom. The van der Waals surface area contributed by atoms with E-state index in [-0.39, 0.29) is 0 Å². The number of rotatable bonds is 1. The van der Waals surface area contributed by atoms with Crippen molar-refractivity contribution in [1.82, 2.24) is 4.98 Å². The lowest BCUT2D eigenvalue weighted by Crippen LogP contribution is -1.93. The number of hydrogen-bond acceptors (Lipinski definition) is 3. The van der Waals surface area contributed by atoms with E-state index in [1.165, 1.54) is 0 Å². The fraction of sp³-hybridized carbons (Fsp3) is 0.125. The maximum Gasteiger partial charge on any atom is 0.137 e. The van der Waals surface area contributed by atoms with E-state index in [2.05, 4.69) is 4.98 Å². The summed E-state index contributed by atoms with van der Waals surface area (Å²) in [5.74, 6) is 0. The van der Waals surface area contributed by atoms with Gasteiger partial charge in [-0.3, -0.25) is 4.98 Å². The van der Waals surface area contributed by atoms with Gasteiger partial charge in [-0.05, 0) is 6.07 Å². The Morgan fingerprint density at radius 1 is 1.55 bits per heavy atom. The Morgan fingerprint density at radius 2 is 2.45 bits per heavy atom. The zero-order valence-electron chi connectivity index (χ0n) is 5.95. The molecule has 11 heavy (non-hydrogen) atoms. The molecular formula is C8H8N2O. The molecule has 3 heteroatoms. The van der Waals surface area contributed by atoms with Crippen LogP contribution in [0.4, 0.5) is 0 Å². The largest absolute Gasteiger partial charge is 0.464 e. The van der Waals surface area contributed by atoms with Gasteiger partial charge in [-0.15, -0.1) is 0 Å². The summed E-state index contributed by atoms with van der Waals surface area (Å²) >= 11 is 0. The van der Waals surface area contributed by atoms with Crippen molar-refractivity contribution in [1.29, 1.82) is 0 Å². The van der Waals surface area contributed by atoms with Gasteiger partial charge in [-0.25, -0.2) is 0 Å². The normalized spacial score (nSPS) is 10.6. The lowest BCUT2D eigenvalue weighted by molar-refractivity contribution is 0.610. The van der Waals surface area contributed by atoms with Crippen molar-refractivity contribution < 1.29 is 4.42 Å². The van der Waals surface area contributed by atoms with Gasteiger partial charge in [-0.1, -0.05) is 0 Å². The summed E-state index contributed by atoms with van der Waals surface area (Å²) in [6, 6.07) is 1.83. The van der Waals surface area contributed by atoms with Gasteiger partial charge in [0, 0.05) is 29.9 Å².